The lowest BCUT2D eigenvalue weighted by Crippen LogP contribution is -2.23. The smallest absolute Gasteiger partial charge is 0.429 e. The van der Waals surface area contributed by atoms with Crippen molar-refractivity contribution in [3.05, 3.63) is 136 Å². The van der Waals surface area contributed by atoms with Crippen molar-refractivity contribution in [2.24, 2.45) is 0 Å². The van der Waals surface area contributed by atoms with Gasteiger partial charge in [0.1, 0.15) is 34.8 Å². The number of allylic oxidation sites excluding steroid dienone is 2. The Morgan fingerprint density at radius 2 is 1.30 bits per heavy atom. The number of benzene rings is 4. The van der Waals surface area contributed by atoms with Crippen LogP contribution in [0.25, 0.3) is 11.1 Å². The van der Waals surface area contributed by atoms with E-state index >= 15 is 0 Å². The second-order valence-electron chi connectivity index (χ2n) is 9.12. The van der Waals surface area contributed by atoms with E-state index in [0.717, 1.165) is 12.1 Å². The highest BCUT2D eigenvalue weighted by Crippen LogP contribution is 2.37. The number of ether oxygens (including phenoxy) is 1. The van der Waals surface area contributed by atoms with Crippen LogP contribution in [-0.2, 0) is 12.5 Å². The van der Waals surface area contributed by atoms with E-state index in [1.54, 1.807) is 13.0 Å². The number of rotatable bonds is 7. The minimum atomic E-state index is -4.35. The summed E-state index contributed by atoms with van der Waals surface area (Å²) >= 11 is 0. The van der Waals surface area contributed by atoms with Crippen LogP contribution in [-0.4, -0.2) is 0 Å². The summed E-state index contributed by atoms with van der Waals surface area (Å²) in [6.45, 7) is 1.79. The van der Waals surface area contributed by atoms with Crippen LogP contribution in [0.4, 0.5) is 43.9 Å². The van der Waals surface area contributed by atoms with Gasteiger partial charge in [-0.1, -0.05) is 30.1 Å². The molecular formula is C32H18F10O. The van der Waals surface area contributed by atoms with Crippen LogP contribution in [0.3, 0.4) is 0 Å². The molecule has 0 amide bonds. The lowest BCUT2D eigenvalue weighted by atomic mass is 10.0. The second-order valence-corrected chi connectivity index (χ2v) is 9.12. The van der Waals surface area contributed by atoms with Gasteiger partial charge in [-0.05, 0) is 67.3 Å². The van der Waals surface area contributed by atoms with E-state index in [0.29, 0.717) is 54.8 Å². The molecule has 0 saturated heterocycles. The first-order chi connectivity index (χ1) is 20.3. The third kappa shape index (κ3) is 7.02. The molecule has 0 heterocycles. The fraction of sp³-hybridized carbons (Fsp3) is 0.125. The molecular weight excluding hydrogens is 590 g/mol. The first kappa shape index (κ1) is 31.2. The van der Waals surface area contributed by atoms with Gasteiger partial charge in [-0.25, -0.2) is 35.1 Å². The Labute approximate surface area is 239 Å². The van der Waals surface area contributed by atoms with Gasteiger partial charge >= 0.3 is 6.11 Å². The summed E-state index contributed by atoms with van der Waals surface area (Å²) in [5.41, 5.74) is -3.84. The van der Waals surface area contributed by atoms with Crippen molar-refractivity contribution in [1.29, 1.82) is 0 Å². The number of aryl methyl sites for hydroxylation is 1. The summed E-state index contributed by atoms with van der Waals surface area (Å²) < 4.78 is 147. The van der Waals surface area contributed by atoms with Crippen molar-refractivity contribution < 1.29 is 48.6 Å². The van der Waals surface area contributed by atoms with Gasteiger partial charge in [0, 0.05) is 17.7 Å². The largest absolute Gasteiger partial charge is 0.429 e. The molecule has 0 aliphatic rings. The molecule has 0 aliphatic heterocycles. The second kappa shape index (κ2) is 12.7. The molecule has 222 valence electrons. The van der Waals surface area contributed by atoms with Gasteiger partial charge in [0.15, 0.2) is 17.5 Å². The van der Waals surface area contributed by atoms with Crippen molar-refractivity contribution >= 4 is 0 Å². The Hall–Kier alpha value is -4.72. The van der Waals surface area contributed by atoms with Gasteiger partial charge in [0.05, 0.1) is 16.7 Å². The van der Waals surface area contributed by atoms with Crippen LogP contribution in [0.2, 0.25) is 0 Å². The average molecular weight is 608 g/mol. The molecule has 0 spiro atoms. The molecule has 11 heteroatoms. The van der Waals surface area contributed by atoms with Gasteiger partial charge in [-0.3, -0.25) is 0 Å². The molecule has 43 heavy (non-hydrogen) atoms. The van der Waals surface area contributed by atoms with Crippen LogP contribution in [0.15, 0.2) is 66.7 Å². The first-order valence-corrected chi connectivity index (χ1v) is 12.4. The zero-order valence-electron chi connectivity index (χ0n) is 22.0. The average Bonchev–Trinajstić information content (AvgIpc) is 2.90. The molecule has 0 aromatic heterocycles. The molecule has 4 aromatic rings. The number of hydrogen-bond donors (Lipinski definition) is 0. The Morgan fingerprint density at radius 1 is 0.698 bits per heavy atom. The Balaban J connectivity index is 1.60. The molecule has 0 saturated carbocycles. The third-order valence-corrected chi connectivity index (χ3v) is 6.09. The fourth-order valence-corrected chi connectivity index (χ4v) is 4.05. The predicted molar refractivity (Wildman–Crippen MR) is 138 cm³/mol. The summed E-state index contributed by atoms with van der Waals surface area (Å²) in [6, 6.07) is 5.57. The van der Waals surface area contributed by atoms with Crippen molar-refractivity contribution in [3.63, 3.8) is 0 Å². The molecule has 0 unspecified atom stereocenters. The Bertz CT molecular complexity index is 1710. The van der Waals surface area contributed by atoms with Crippen molar-refractivity contribution in [3.8, 4) is 28.7 Å². The zero-order valence-corrected chi connectivity index (χ0v) is 22.0. The van der Waals surface area contributed by atoms with Crippen LogP contribution < -0.4 is 4.74 Å². The van der Waals surface area contributed by atoms with E-state index in [1.165, 1.54) is 6.07 Å². The maximum absolute atomic E-state index is 14.9. The quantitative estimate of drug-likeness (QED) is 0.0879. The number of halogens is 10. The minimum Gasteiger partial charge on any atom is -0.429 e. The molecule has 0 radical (unpaired) electrons. The van der Waals surface area contributed by atoms with Crippen molar-refractivity contribution in [2.45, 2.75) is 25.9 Å². The van der Waals surface area contributed by atoms with E-state index in [4.69, 9.17) is 0 Å². The van der Waals surface area contributed by atoms with Crippen LogP contribution in [0.5, 0.6) is 5.75 Å². The van der Waals surface area contributed by atoms with E-state index in [9.17, 15) is 43.9 Å². The van der Waals surface area contributed by atoms with Gasteiger partial charge in [-0.2, -0.15) is 8.78 Å². The van der Waals surface area contributed by atoms with Gasteiger partial charge < -0.3 is 4.74 Å². The van der Waals surface area contributed by atoms with E-state index < -0.39 is 86.2 Å². The van der Waals surface area contributed by atoms with Crippen molar-refractivity contribution in [2.75, 3.05) is 0 Å². The summed E-state index contributed by atoms with van der Waals surface area (Å²) in [5, 5.41) is 0. The zero-order chi connectivity index (χ0) is 31.5. The van der Waals surface area contributed by atoms with Crippen LogP contribution in [0.1, 0.15) is 35.6 Å². The topological polar surface area (TPSA) is 9.23 Å². The number of hydrogen-bond acceptors (Lipinski definition) is 1. The lowest BCUT2D eigenvalue weighted by molar-refractivity contribution is -0.187. The van der Waals surface area contributed by atoms with Gasteiger partial charge in [0.2, 0.25) is 0 Å². The standard InChI is InChI=1S/C32H18F10O/c1-2-3-4-5-17-7-9-22(25(35)10-17)32(41,42)43-20-15-26(36)30(27(37)16-20)19-13-23(33)21(24(34)14-19)8-6-18-11-28(38)31(40)29(39)12-18/h2-3,7,9-16H,4-5H2,1H3/b3-2+. The molecule has 1 nitrogen and oxygen atoms in total. The summed E-state index contributed by atoms with van der Waals surface area (Å²) in [7, 11) is 0. The SMILES string of the molecule is C/C=C/CCc1ccc(C(F)(F)Oc2cc(F)c(-c3cc(F)c(C#Cc4cc(F)c(F)c(F)c4)c(F)c3)c(F)c2)c(F)c1. The van der Waals surface area contributed by atoms with Crippen LogP contribution in [0, 0.1) is 58.4 Å². The van der Waals surface area contributed by atoms with Gasteiger partial charge in [-0.15, -0.1) is 0 Å². The molecule has 0 atom stereocenters. The van der Waals surface area contributed by atoms with Gasteiger partial charge in [0.25, 0.3) is 0 Å². The van der Waals surface area contributed by atoms with E-state index in [1.807, 2.05) is 12.0 Å². The Kier molecular flexibility index (Phi) is 9.19. The van der Waals surface area contributed by atoms with Crippen LogP contribution >= 0.6 is 0 Å². The number of alkyl halides is 2. The highest BCUT2D eigenvalue weighted by atomic mass is 19.3. The van der Waals surface area contributed by atoms with E-state index in [-0.39, 0.29) is 0 Å². The maximum Gasteiger partial charge on any atom is 0.429 e. The monoisotopic (exact) mass is 608 g/mol. The third-order valence-electron chi connectivity index (χ3n) is 6.09. The molecule has 0 N–H and O–H groups in total. The Morgan fingerprint density at radius 3 is 1.86 bits per heavy atom. The highest BCUT2D eigenvalue weighted by molar-refractivity contribution is 5.67. The first-order valence-electron chi connectivity index (χ1n) is 12.4. The summed E-state index contributed by atoms with van der Waals surface area (Å²) in [4.78, 5) is 0. The lowest BCUT2D eigenvalue weighted by Gasteiger charge is -2.20. The fourth-order valence-electron chi connectivity index (χ4n) is 4.05. The maximum atomic E-state index is 14.9. The molecule has 0 bridgehead atoms. The van der Waals surface area contributed by atoms with Crippen molar-refractivity contribution in [1.82, 2.24) is 0 Å². The molecule has 0 fully saturated rings. The molecule has 4 aromatic carbocycles. The summed E-state index contributed by atoms with van der Waals surface area (Å²) in [5.74, 6) is -9.21. The minimum absolute atomic E-state index is 0.330. The highest BCUT2D eigenvalue weighted by Gasteiger charge is 2.38. The molecule has 0 aliphatic carbocycles. The normalized spacial score (nSPS) is 11.5. The van der Waals surface area contributed by atoms with E-state index in [2.05, 4.69) is 10.7 Å². The predicted octanol–water partition coefficient (Wildman–Crippen LogP) is 9.50. The summed E-state index contributed by atoms with van der Waals surface area (Å²) in [6.07, 6.45) is 0.176. The molecule has 4 rings (SSSR count).